The molecule has 61 heavy (non-hydrogen) atoms. The lowest BCUT2D eigenvalue weighted by Gasteiger charge is -2.29. The van der Waals surface area contributed by atoms with Gasteiger partial charge < -0.3 is 61.4 Å². The van der Waals surface area contributed by atoms with Crippen molar-refractivity contribution in [2.24, 2.45) is 11.8 Å². The zero-order chi connectivity index (χ0) is 44.8. The van der Waals surface area contributed by atoms with Crippen LogP contribution in [0.15, 0.2) is 30.3 Å². The average molecular weight is 865 g/mol. The minimum atomic E-state index is -1.51. The Morgan fingerprint density at radius 2 is 1.26 bits per heavy atom. The van der Waals surface area contributed by atoms with Crippen molar-refractivity contribution >= 4 is 47.6 Å². The topological polar surface area (TPSA) is 297 Å². The van der Waals surface area contributed by atoms with Crippen LogP contribution < -0.4 is 31.9 Å². The Morgan fingerprint density at radius 1 is 0.656 bits per heavy atom. The van der Waals surface area contributed by atoms with Gasteiger partial charge in [-0.2, -0.15) is 0 Å². The smallest absolute Gasteiger partial charge is 0.326 e. The van der Waals surface area contributed by atoms with E-state index in [4.69, 9.17) is 19.3 Å². The van der Waals surface area contributed by atoms with Gasteiger partial charge in [0, 0.05) is 57.8 Å². The molecule has 20 heteroatoms. The first kappa shape index (κ1) is 51.8. The molecule has 0 spiro atoms. The summed E-state index contributed by atoms with van der Waals surface area (Å²) in [5.74, 6) is -4.67. The maximum absolute atomic E-state index is 13.4. The van der Waals surface area contributed by atoms with Crippen molar-refractivity contribution in [2.75, 3.05) is 59.3 Å². The summed E-state index contributed by atoms with van der Waals surface area (Å²) < 4.78 is 16.2. The van der Waals surface area contributed by atoms with E-state index in [-0.39, 0.29) is 74.3 Å². The first-order valence-electron chi connectivity index (χ1n) is 20.8. The Hall–Kier alpha value is -5.34. The van der Waals surface area contributed by atoms with Crippen LogP contribution >= 0.6 is 0 Å². The normalized spacial score (nSPS) is 16.2. The zero-order valence-corrected chi connectivity index (χ0v) is 35.0. The van der Waals surface area contributed by atoms with E-state index in [1.807, 2.05) is 30.3 Å². The van der Waals surface area contributed by atoms with Gasteiger partial charge in [0.25, 0.3) is 0 Å². The molecule has 0 aromatic heterocycles. The Morgan fingerprint density at radius 3 is 1.87 bits per heavy atom. The van der Waals surface area contributed by atoms with Gasteiger partial charge in [0.05, 0.1) is 39.6 Å². The Kier molecular flexibility index (Phi) is 26.0. The summed E-state index contributed by atoms with van der Waals surface area (Å²) in [6.45, 7) is 4.83. The molecule has 1 aromatic rings. The Labute approximate surface area is 356 Å². The molecular weight excluding hydrogens is 800 g/mol. The minimum Gasteiger partial charge on any atom is -0.481 e. The highest BCUT2D eigenvalue weighted by Gasteiger charge is 2.29. The van der Waals surface area contributed by atoms with E-state index in [2.05, 4.69) is 31.9 Å². The van der Waals surface area contributed by atoms with Crippen LogP contribution in [0.2, 0.25) is 0 Å². The van der Waals surface area contributed by atoms with Crippen molar-refractivity contribution in [3.8, 4) is 0 Å². The van der Waals surface area contributed by atoms with Crippen LogP contribution in [0.5, 0.6) is 0 Å². The molecular formula is C41H64N6O14. The van der Waals surface area contributed by atoms with Gasteiger partial charge >= 0.3 is 23.9 Å². The molecule has 1 fully saturated rings. The molecule has 0 aliphatic heterocycles. The number of ether oxygens (including phenoxy) is 3. The van der Waals surface area contributed by atoms with E-state index >= 15 is 0 Å². The van der Waals surface area contributed by atoms with Crippen molar-refractivity contribution < 1.29 is 67.9 Å². The number of unbranched alkanes of at least 4 members (excludes halogenated alkanes) is 1. The monoisotopic (exact) mass is 864 g/mol. The number of carbonyl (C=O) groups is 8. The van der Waals surface area contributed by atoms with Gasteiger partial charge in [0.2, 0.25) is 23.6 Å². The first-order chi connectivity index (χ1) is 29.2. The van der Waals surface area contributed by atoms with E-state index in [9.17, 15) is 48.6 Å². The van der Waals surface area contributed by atoms with Gasteiger partial charge in [-0.25, -0.2) is 14.4 Å². The second kappa shape index (κ2) is 30.6. The Bertz CT molecular complexity index is 1530. The summed E-state index contributed by atoms with van der Waals surface area (Å²) in [6.07, 6.45) is 3.29. The molecule has 0 heterocycles. The molecule has 0 unspecified atom stereocenters. The van der Waals surface area contributed by atoms with Gasteiger partial charge in [-0.15, -0.1) is 0 Å². The lowest BCUT2D eigenvalue weighted by Crippen LogP contribution is -2.51. The number of benzene rings is 1. The van der Waals surface area contributed by atoms with E-state index in [0.717, 1.165) is 18.4 Å². The lowest BCUT2D eigenvalue weighted by molar-refractivity contribution is -0.141. The maximum Gasteiger partial charge on any atom is 0.326 e. The van der Waals surface area contributed by atoms with E-state index in [1.165, 1.54) is 6.92 Å². The number of nitrogens with one attached hydrogen (secondary N) is 6. The van der Waals surface area contributed by atoms with Gasteiger partial charge in [-0.3, -0.25) is 24.0 Å². The van der Waals surface area contributed by atoms with Crippen LogP contribution in [0.1, 0.15) is 83.1 Å². The summed E-state index contributed by atoms with van der Waals surface area (Å²) in [5, 5.41) is 43.3. The molecule has 20 nitrogen and oxygen atoms in total. The number of amides is 6. The zero-order valence-electron chi connectivity index (χ0n) is 35.0. The largest absolute Gasteiger partial charge is 0.481 e. The standard InChI is InChI=1S/C41H64N6O14/c1-28(48)42-18-20-60-22-24-61-23-21-59-19-16-35(49)44-27-30-10-12-31(13-11-30)38(53)45-32(25-29-7-3-2-4-8-29)26-36(50)43-17-6-5-9-33(39(54)55)46-41(58)47-34(40(56)57)14-15-37(51)52/h2-4,7-8,30-34H,5-6,9-27H2,1H3,(H,42,48)(H,43,50)(H,44,49)(H,45,53)(H,51,52)(H,54,55)(H,56,57)(H2,46,47,58)/t30?,31?,32-,33-,34-/m0/s1. The lowest BCUT2D eigenvalue weighted by atomic mass is 9.81. The third-order valence-corrected chi connectivity index (χ3v) is 9.84. The molecule has 0 radical (unpaired) electrons. The van der Waals surface area contributed by atoms with E-state index < -0.39 is 48.5 Å². The predicted octanol–water partition coefficient (Wildman–Crippen LogP) is 0.960. The number of carboxylic acid groups (broad SMARTS) is 3. The van der Waals surface area contributed by atoms with Crippen LogP contribution in [-0.4, -0.2) is 140 Å². The van der Waals surface area contributed by atoms with Crippen LogP contribution in [0.4, 0.5) is 4.79 Å². The highest BCUT2D eigenvalue weighted by Crippen LogP contribution is 2.29. The summed E-state index contributed by atoms with van der Waals surface area (Å²) >= 11 is 0. The highest BCUT2D eigenvalue weighted by atomic mass is 16.5. The molecule has 0 bridgehead atoms. The molecule has 6 amide bonds. The first-order valence-corrected chi connectivity index (χ1v) is 20.8. The summed E-state index contributed by atoms with van der Waals surface area (Å²) in [7, 11) is 0. The fourth-order valence-electron chi connectivity index (χ4n) is 6.51. The second-order valence-electron chi connectivity index (χ2n) is 14.9. The molecule has 9 N–H and O–H groups in total. The highest BCUT2D eigenvalue weighted by molar-refractivity contribution is 5.86. The van der Waals surface area contributed by atoms with Gasteiger partial charge in [-0.05, 0) is 69.3 Å². The molecule has 1 aliphatic carbocycles. The number of rotatable bonds is 32. The number of urea groups is 1. The maximum atomic E-state index is 13.4. The fraction of sp³-hybridized carbons (Fsp3) is 0.659. The van der Waals surface area contributed by atoms with Crippen molar-refractivity contribution in [1.29, 1.82) is 0 Å². The van der Waals surface area contributed by atoms with E-state index in [0.29, 0.717) is 78.2 Å². The number of hydrogen-bond acceptors (Lipinski definition) is 11. The van der Waals surface area contributed by atoms with Crippen molar-refractivity contribution in [3.63, 3.8) is 0 Å². The van der Waals surface area contributed by atoms with Crippen LogP contribution in [0, 0.1) is 11.8 Å². The third-order valence-electron chi connectivity index (χ3n) is 9.84. The third kappa shape index (κ3) is 25.1. The minimum absolute atomic E-state index is 0.0126. The molecule has 1 saturated carbocycles. The second-order valence-corrected chi connectivity index (χ2v) is 14.9. The van der Waals surface area contributed by atoms with Gasteiger partial charge in [0.1, 0.15) is 12.1 Å². The van der Waals surface area contributed by atoms with E-state index in [1.54, 1.807) is 0 Å². The fourth-order valence-corrected chi connectivity index (χ4v) is 6.51. The van der Waals surface area contributed by atoms with Crippen LogP contribution in [-0.2, 0) is 54.2 Å². The van der Waals surface area contributed by atoms with Crippen LogP contribution in [0.3, 0.4) is 0 Å². The summed E-state index contributed by atoms with van der Waals surface area (Å²) in [5.41, 5.74) is 0.949. The van der Waals surface area contributed by atoms with Crippen molar-refractivity contribution in [3.05, 3.63) is 35.9 Å². The summed E-state index contributed by atoms with van der Waals surface area (Å²) in [4.78, 5) is 95.6. The molecule has 342 valence electrons. The number of carbonyl (C=O) groups excluding carboxylic acids is 5. The van der Waals surface area contributed by atoms with Gasteiger partial charge in [0.15, 0.2) is 0 Å². The van der Waals surface area contributed by atoms with Crippen molar-refractivity contribution in [2.45, 2.75) is 102 Å². The quantitative estimate of drug-likeness (QED) is 0.0456. The molecule has 3 atom stereocenters. The molecule has 1 aliphatic rings. The van der Waals surface area contributed by atoms with Gasteiger partial charge in [-0.1, -0.05) is 30.3 Å². The van der Waals surface area contributed by atoms with Crippen molar-refractivity contribution in [1.82, 2.24) is 31.9 Å². The predicted molar refractivity (Wildman–Crippen MR) is 219 cm³/mol. The molecule has 2 rings (SSSR count). The average Bonchev–Trinajstić information content (AvgIpc) is 3.21. The SMILES string of the molecule is CC(=O)NCCOCCOCCOCCC(=O)NCC1CCC(C(=O)N[C@H](CC(=O)NCCCC[C@H](NC(=O)N[C@@H](CCC(=O)O)C(=O)O)C(=O)O)Cc2ccccc2)CC1. The van der Waals surface area contributed by atoms with Crippen LogP contribution in [0.25, 0.3) is 0 Å². The number of carboxylic acids is 3. The molecule has 0 saturated heterocycles. The number of hydrogen-bond donors (Lipinski definition) is 9. The molecule has 1 aromatic carbocycles. The Balaban J connectivity index is 1.69. The summed E-state index contributed by atoms with van der Waals surface area (Å²) in [6, 6.07) is 5.07. The number of aliphatic carboxylic acids is 3.